The summed E-state index contributed by atoms with van der Waals surface area (Å²) in [4.78, 5) is 17.3. The second-order valence-corrected chi connectivity index (χ2v) is 5.50. The van der Waals surface area contributed by atoms with Gasteiger partial charge in [-0.05, 0) is 26.2 Å². The largest absolute Gasteiger partial charge is 0.365 e. The summed E-state index contributed by atoms with van der Waals surface area (Å²) in [6.45, 7) is 4.13. The molecule has 0 unspecified atom stereocenters. The number of ether oxygens (including phenoxy) is 1. The lowest BCUT2D eigenvalue weighted by molar-refractivity contribution is -0.126. The first-order valence-corrected chi connectivity index (χ1v) is 6.91. The van der Waals surface area contributed by atoms with Crippen LogP contribution in [0.5, 0.6) is 0 Å². The number of thiazole rings is 1. The molecule has 94 valence electrons. The minimum absolute atomic E-state index is 0.0632. The number of amides is 1. The van der Waals surface area contributed by atoms with Crippen molar-refractivity contribution in [3.8, 4) is 0 Å². The Morgan fingerprint density at radius 2 is 2.47 bits per heavy atom. The smallest absolute Gasteiger partial charge is 0.255 e. The zero-order valence-electron chi connectivity index (χ0n) is 10.2. The Bertz CT molecular complexity index is 392. The fourth-order valence-electron chi connectivity index (χ4n) is 1.91. The second kappa shape index (κ2) is 5.60. The number of carbonyl (C=O) groups excluding carboxylic acids is 1. The summed E-state index contributed by atoms with van der Waals surface area (Å²) >= 11 is 1.55. The highest BCUT2D eigenvalue weighted by Gasteiger charge is 2.28. The molecule has 1 amide bonds. The number of nitrogens with one attached hydrogen (secondary N) is 1. The first-order chi connectivity index (χ1) is 8.19. The van der Waals surface area contributed by atoms with E-state index < -0.39 is 0 Å². The topological polar surface area (TPSA) is 51.2 Å². The van der Waals surface area contributed by atoms with Gasteiger partial charge in [-0.25, -0.2) is 4.98 Å². The van der Waals surface area contributed by atoms with Crippen LogP contribution in [0.25, 0.3) is 0 Å². The van der Waals surface area contributed by atoms with Gasteiger partial charge in [0.25, 0.3) is 5.91 Å². The van der Waals surface area contributed by atoms with Crippen LogP contribution in [0.2, 0.25) is 0 Å². The summed E-state index contributed by atoms with van der Waals surface area (Å²) in [6.07, 6.45) is 5.60. The van der Waals surface area contributed by atoms with E-state index in [-0.39, 0.29) is 18.1 Å². The molecule has 1 N–H and O–H groups in total. The van der Waals surface area contributed by atoms with Crippen LogP contribution >= 0.6 is 11.3 Å². The van der Waals surface area contributed by atoms with Crippen molar-refractivity contribution >= 4 is 22.4 Å². The molecule has 1 fully saturated rings. The Morgan fingerprint density at radius 1 is 1.65 bits per heavy atom. The fourth-order valence-corrected chi connectivity index (χ4v) is 2.83. The van der Waals surface area contributed by atoms with Gasteiger partial charge in [-0.2, -0.15) is 0 Å². The van der Waals surface area contributed by atoms with Crippen molar-refractivity contribution in [2.45, 2.75) is 51.7 Å². The summed E-state index contributed by atoms with van der Waals surface area (Å²) in [5, 5.41) is 3.51. The maximum Gasteiger partial charge on any atom is 0.255 e. The van der Waals surface area contributed by atoms with Crippen LogP contribution in [0.15, 0.2) is 6.20 Å². The number of anilines is 1. The summed E-state index contributed by atoms with van der Waals surface area (Å²) < 4.78 is 5.51. The van der Waals surface area contributed by atoms with Crippen LogP contribution < -0.4 is 5.32 Å². The van der Waals surface area contributed by atoms with Gasteiger partial charge < -0.3 is 4.74 Å². The molecule has 0 spiro atoms. The lowest BCUT2D eigenvalue weighted by atomic mass is 10.2. The van der Waals surface area contributed by atoms with E-state index in [2.05, 4.69) is 17.2 Å². The Morgan fingerprint density at radius 3 is 3.12 bits per heavy atom. The van der Waals surface area contributed by atoms with Crippen LogP contribution in [-0.4, -0.2) is 23.1 Å². The summed E-state index contributed by atoms with van der Waals surface area (Å²) in [5.41, 5.74) is 0. The van der Waals surface area contributed by atoms with Crippen molar-refractivity contribution in [1.29, 1.82) is 0 Å². The predicted molar refractivity (Wildman–Crippen MR) is 68.3 cm³/mol. The van der Waals surface area contributed by atoms with Gasteiger partial charge in [0, 0.05) is 11.1 Å². The first-order valence-electron chi connectivity index (χ1n) is 6.10. The Balaban J connectivity index is 1.89. The van der Waals surface area contributed by atoms with E-state index in [4.69, 9.17) is 4.74 Å². The molecule has 17 heavy (non-hydrogen) atoms. The third-order valence-electron chi connectivity index (χ3n) is 2.80. The molecule has 1 aromatic heterocycles. The van der Waals surface area contributed by atoms with Crippen LogP contribution in [0.3, 0.4) is 0 Å². The van der Waals surface area contributed by atoms with Crippen molar-refractivity contribution < 1.29 is 9.53 Å². The second-order valence-electron chi connectivity index (χ2n) is 4.38. The molecule has 1 aliphatic rings. The summed E-state index contributed by atoms with van der Waals surface area (Å²) in [7, 11) is 0. The SMILES string of the molecule is CCCc1cnc(NC(=O)[C@H]2CC[C@@H](C)O2)s1. The lowest BCUT2D eigenvalue weighted by Gasteiger charge is -2.09. The van der Waals surface area contributed by atoms with Gasteiger partial charge in [0.05, 0.1) is 6.10 Å². The Hall–Kier alpha value is -0.940. The van der Waals surface area contributed by atoms with E-state index in [0.717, 1.165) is 25.7 Å². The average molecular weight is 254 g/mol. The quantitative estimate of drug-likeness (QED) is 0.898. The van der Waals surface area contributed by atoms with Gasteiger partial charge in [0.15, 0.2) is 5.13 Å². The van der Waals surface area contributed by atoms with Crippen molar-refractivity contribution in [2.24, 2.45) is 0 Å². The zero-order chi connectivity index (χ0) is 12.3. The molecule has 0 bridgehead atoms. The first kappa shape index (κ1) is 12.5. The van der Waals surface area contributed by atoms with Crippen molar-refractivity contribution in [1.82, 2.24) is 4.98 Å². The zero-order valence-corrected chi connectivity index (χ0v) is 11.0. The van der Waals surface area contributed by atoms with Crippen LogP contribution in [0, 0.1) is 0 Å². The van der Waals surface area contributed by atoms with Gasteiger partial charge in [-0.15, -0.1) is 11.3 Å². The number of aryl methyl sites for hydroxylation is 1. The number of hydrogen-bond donors (Lipinski definition) is 1. The van der Waals surface area contributed by atoms with Crippen LogP contribution in [0.1, 0.15) is 38.0 Å². The number of hydrogen-bond acceptors (Lipinski definition) is 4. The van der Waals surface area contributed by atoms with E-state index >= 15 is 0 Å². The van der Waals surface area contributed by atoms with E-state index in [1.807, 2.05) is 13.1 Å². The van der Waals surface area contributed by atoms with E-state index in [1.54, 1.807) is 11.3 Å². The standard InChI is InChI=1S/C12H18N2O2S/c1-3-4-9-7-13-12(17-9)14-11(15)10-6-5-8(2)16-10/h7-8,10H,3-6H2,1-2H3,(H,13,14,15)/t8-,10-/m1/s1. The molecule has 0 radical (unpaired) electrons. The van der Waals surface area contributed by atoms with E-state index in [0.29, 0.717) is 5.13 Å². The minimum atomic E-state index is -0.302. The summed E-state index contributed by atoms with van der Waals surface area (Å²) in [5.74, 6) is -0.0632. The molecule has 0 aromatic carbocycles. The van der Waals surface area contributed by atoms with Crippen LogP contribution in [-0.2, 0) is 16.0 Å². The maximum absolute atomic E-state index is 11.9. The molecule has 4 nitrogen and oxygen atoms in total. The molecule has 2 heterocycles. The van der Waals surface area contributed by atoms with E-state index in [1.165, 1.54) is 4.88 Å². The van der Waals surface area contributed by atoms with Crippen molar-refractivity contribution in [2.75, 3.05) is 5.32 Å². The Kier molecular flexibility index (Phi) is 4.12. The Labute approximate surface area is 105 Å². The van der Waals surface area contributed by atoms with E-state index in [9.17, 15) is 4.79 Å². The normalized spacial score (nSPS) is 23.9. The monoisotopic (exact) mass is 254 g/mol. The average Bonchev–Trinajstić information content (AvgIpc) is 2.88. The molecule has 1 saturated heterocycles. The molecule has 0 aliphatic carbocycles. The maximum atomic E-state index is 11.9. The number of nitrogens with zero attached hydrogens (tertiary/aromatic N) is 1. The van der Waals surface area contributed by atoms with Gasteiger partial charge >= 0.3 is 0 Å². The molecule has 0 saturated carbocycles. The predicted octanol–water partition coefficient (Wildman–Crippen LogP) is 2.60. The van der Waals surface area contributed by atoms with Crippen LogP contribution in [0.4, 0.5) is 5.13 Å². The molecule has 1 aromatic rings. The van der Waals surface area contributed by atoms with Crippen molar-refractivity contribution in [3.63, 3.8) is 0 Å². The number of rotatable bonds is 4. The molecule has 2 rings (SSSR count). The minimum Gasteiger partial charge on any atom is -0.365 e. The molecular formula is C12H18N2O2S. The van der Waals surface area contributed by atoms with Gasteiger partial charge in [-0.1, -0.05) is 13.3 Å². The molecule has 2 atom stereocenters. The fraction of sp³-hybridized carbons (Fsp3) is 0.667. The van der Waals surface area contributed by atoms with Gasteiger partial charge in [-0.3, -0.25) is 10.1 Å². The molecular weight excluding hydrogens is 236 g/mol. The lowest BCUT2D eigenvalue weighted by Crippen LogP contribution is -2.27. The highest BCUT2D eigenvalue weighted by molar-refractivity contribution is 7.15. The van der Waals surface area contributed by atoms with Gasteiger partial charge in [0.2, 0.25) is 0 Å². The third-order valence-corrected chi connectivity index (χ3v) is 3.78. The highest BCUT2D eigenvalue weighted by Crippen LogP contribution is 2.23. The molecule has 5 heteroatoms. The number of carbonyl (C=O) groups is 1. The van der Waals surface area contributed by atoms with Gasteiger partial charge in [0.1, 0.15) is 6.10 Å². The number of aromatic nitrogens is 1. The highest BCUT2D eigenvalue weighted by atomic mass is 32.1. The third kappa shape index (κ3) is 3.26. The summed E-state index contributed by atoms with van der Waals surface area (Å²) in [6, 6.07) is 0. The molecule has 1 aliphatic heterocycles. The van der Waals surface area contributed by atoms with Crippen molar-refractivity contribution in [3.05, 3.63) is 11.1 Å².